The van der Waals surface area contributed by atoms with Crippen molar-refractivity contribution in [3.05, 3.63) is 0 Å². The van der Waals surface area contributed by atoms with E-state index in [4.69, 9.17) is 8.85 Å². The third-order valence-corrected chi connectivity index (χ3v) is 4.86. The van der Waals surface area contributed by atoms with E-state index in [1.54, 1.807) is 14.2 Å². The Bertz CT molecular complexity index is 87.0. The average Bonchev–Trinajstić information content (AvgIpc) is 2.36. The van der Waals surface area contributed by atoms with Crippen LogP contribution in [0, 0.1) is 0 Å². The van der Waals surface area contributed by atoms with Gasteiger partial charge in [-0.15, -0.1) is 0 Å². The molecule has 0 aliphatic carbocycles. The molecular formula is C5H13NO2Si. The molecule has 9 heavy (non-hydrogen) atoms. The van der Waals surface area contributed by atoms with Gasteiger partial charge < -0.3 is 8.85 Å². The predicted octanol–water partition coefficient (Wildman–Crippen LogP) is 0.211. The van der Waals surface area contributed by atoms with E-state index < -0.39 is 8.72 Å². The third kappa shape index (κ3) is 1.32. The quantitative estimate of drug-likeness (QED) is 0.566. The van der Waals surface area contributed by atoms with Crippen LogP contribution in [0.1, 0.15) is 6.42 Å². The Labute approximate surface area is 56.7 Å². The van der Waals surface area contributed by atoms with Crippen molar-refractivity contribution in [2.45, 2.75) is 12.5 Å². The van der Waals surface area contributed by atoms with Gasteiger partial charge in [-0.05, 0) is 13.0 Å². The van der Waals surface area contributed by atoms with Crippen LogP contribution >= 0.6 is 0 Å². The summed E-state index contributed by atoms with van der Waals surface area (Å²) in [6.45, 7) is 1.05. The van der Waals surface area contributed by atoms with E-state index in [2.05, 4.69) is 4.98 Å². The van der Waals surface area contributed by atoms with Crippen LogP contribution in [0.3, 0.4) is 0 Å². The lowest BCUT2D eigenvalue weighted by molar-refractivity contribution is 0.238. The fourth-order valence-corrected chi connectivity index (χ4v) is 3.36. The number of nitrogens with one attached hydrogen (secondary N) is 1. The van der Waals surface area contributed by atoms with Crippen molar-refractivity contribution in [1.29, 1.82) is 0 Å². The molecule has 54 valence electrons. The molecule has 0 amide bonds. The predicted molar refractivity (Wildman–Crippen MR) is 37.2 cm³/mol. The molecule has 4 heteroatoms. The normalized spacial score (nSPS) is 24.7. The fraction of sp³-hybridized carbons (Fsp3) is 1.00. The molecule has 1 fully saturated rings. The van der Waals surface area contributed by atoms with Crippen molar-refractivity contribution in [1.82, 2.24) is 4.98 Å². The topological polar surface area (TPSA) is 30.5 Å². The average molecular weight is 147 g/mol. The second-order valence-electron chi connectivity index (χ2n) is 2.19. The molecule has 0 aromatic carbocycles. The first-order valence-corrected chi connectivity index (χ1v) is 5.21. The maximum Gasteiger partial charge on any atom is 0.424 e. The zero-order valence-corrected chi connectivity index (χ0v) is 6.94. The minimum atomic E-state index is -1.83. The summed E-state index contributed by atoms with van der Waals surface area (Å²) in [7, 11) is 1.60. The lowest BCUT2D eigenvalue weighted by atomic mass is 10.5. The van der Waals surface area contributed by atoms with Gasteiger partial charge in [-0.2, -0.15) is 0 Å². The molecule has 1 aliphatic rings. The first-order chi connectivity index (χ1) is 4.33. The molecule has 1 aliphatic heterocycles. The van der Waals surface area contributed by atoms with Crippen molar-refractivity contribution in [2.24, 2.45) is 0 Å². The van der Waals surface area contributed by atoms with Crippen LogP contribution in [0.4, 0.5) is 0 Å². The summed E-state index contributed by atoms with van der Waals surface area (Å²) in [4.78, 5) is 3.26. The molecule has 1 heterocycles. The summed E-state index contributed by atoms with van der Waals surface area (Å²) in [6, 6.07) is 1.08. The van der Waals surface area contributed by atoms with Gasteiger partial charge in [0.1, 0.15) is 0 Å². The molecule has 1 N–H and O–H groups in total. The summed E-state index contributed by atoms with van der Waals surface area (Å²) in [6.07, 6.45) is 1.19. The number of hydrogen-bond donors (Lipinski definition) is 1. The summed E-state index contributed by atoms with van der Waals surface area (Å²) < 4.78 is 10.5. The second kappa shape index (κ2) is 2.79. The third-order valence-electron chi connectivity index (χ3n) is 1.74. The van der Waals surface area contributed by atoms with Crippen molar-refractivity contribution in [3.63, 3.8) is 0 Å². The molecule has 0 aromatic rings. The lowest BCUT2D eigenvalue weighted by Gasteiger charge is -2.20. The molecule has 0 saturated carbocycles. The zero-order chi connectivity index (χ0) is 6.74. The van der Waals surface area contributed by atoms with Crippen LogP contribution in [-0.4, -0.2) is 29.5 Å². The van der Waals surface area contributed by atoms with Crippen molar-refractivity contribution in [2.75, 3.05) is 20.8 Å². The maximum absolute atomic E-state index is 5.25. The van der Waals surface area contributed by atoms with Gasteiger partial charge in [0.2, 0.25) is 0 Å². The zero-order valence-electron chi connectivity index (χ0n) is 5.94. The molecule has 1 saturated heterocycles. The van der Waals surface area contributed by atoms with Gasteiger partial charge in [0.05, 0.1) is 0 Å². The SMILES string of the molecule is CO[Si]1(OC)CCCN1. The van der Waals surface area contributed by atoms with Gasteiger partial charge in [-0.1, -0.05) is 0 Å². The Morgan fingerprint density at radius 2 is 2.00 bits per heavy atom. The second-order valence-corrected chi connectivity index (χ2v) is 5.37. The molecule has 0 unspecified atom stereocenters. The van der Waals surface area contributed by atoms with Crippen molar-refractivity contribution in [3.8, 4) is 0 Å². The van der Waals surface area contributed by atoms with Crippen LogP contribution in [-0.2, 0) is 8.85 Å². The lowest BCUT2D eigenvalue weighted by Crippen LogP contribution is -2.49. The van der Waals surface area contributed by atoms with Gasteiger partial charge in [0.25, 0.3) is 0 Å². The van der Waals surface area contributed by atoms with E-state index in [0.29, 0.717) is 0 Å². The Morgan fingerprint density at radius 3 is 2.22 bits per heavy atom. The molecule has 3 nitrogen and oxygen atoms in total. The molecule has 0 bridgehead atoms. The first kappa shape index (κ1) is 7.21. The van der Waals surface area contributed by atoms with Crippen LogP contribution in [0.25, 0.3) is 0 Å². The molecule has 1 rings (SSSR count). The van der Waals surface area contributed by atoms with Gasteiger partial charge in [0.15, 0.2) is 0 Å². The Hall–Kier alpha value is 0.0969. The fourth-order valence-electron chi connectivity index (χ4n) is 1.12. The maximum atomic E-state index is 5.25. The molecule has 0 spiro atoms. The monoisotopic (exact) mass is 147 g/mol. The van der Waals surface area contributed by atoms with Crippen molar-refractivity contribution < 1.29 is 8.85 Å². The van der Waals surface area contributed by atoms with Crippen LogP contribution in [0.15, 0.2) is 0 Å². The Morgan fingerprint density at radius 1 is 1.33 bits per heavy atom. The highest BCUT2D eigenvalue weighted by Crippen LogP contribution is 2.15. The summed E-state index contributed by atoms with van der Waals surface area (Å²) in [5.74, 6) is 0. The van der Waals surface area contributed by atoms with Crippen LogP contribution in [0.2, 0.25) is 6.04 Å². The van der Waals surface area contributed by atoms with E-state index in [1.165, 1.54) is 6.42 Å². The standard InChI is InChI=1S/C5H13NO2Si/c1-7-9(8-2)5-3-4-6-9/h6H,3-5H2,1-2H3. The Kier molecular flexibility index (Phi) is 2.23. The smallest absolute Gasteiger partial charge is 0.386 e. The highest BCUT2D eigenvalue weighted by molar-refractivity contribution is 6.65. The first-order valence-electron chi connectivity index (χ1n) is 3.18. The highest BCUT2D eigenvalue weighted by atomic mass is 28.4. The van der Waals surface area contributed by atoms with Gasteiger partial charge >= 0.3 is 8.72 Å². The van der Waals surface area contributed by atoms with Gasteiger partial charge in [-0.25, -0.2) is 0 Å². The summed E-state index contributed by atoms with van der Waals surface area (Å²) >= 11 is 0. The molecule has 0 atom stereocenters. The summed E-state index contributed by atoms with van der Waals surface area (Å²) in [5.41, 5.74) is 0. The van der Waals surface area contributed by atoms with E-state index in [-0.39, 0.29) is 0 Å². The van der Waals surface area contributed by atoms with Crippen LogP contribution in [0.5, 0.6) is 0 Å². The van der Waals surface area contributed by atoms with E-state index in [0.717, 1.165) is 12.6 Å². The van der Waals surface area contributed by atoms with E-state index >= 15 is 0 Å². The minimum absolute atomic E-state index is 1.05. The minimum Gasteiger partial charge on any atom is -0.386 e. The van der Waals surface area contributed by atoms with Gasteiger partial charge in [0, 0.05) is 20.3 Å². The number of rotatable bonds is 2. The molecular weight excluding hydrogens is 134 g/mol. The van der Waals surface area contributed by atoms with Crippen molar-refractivity contribution >= 4 is 8.72 Å². The largest absolute Gasteiger partial charge is 0.424 e. The van der Waals surface area contributed by atoms with Gasteiger partial charge in [-0.3, -0.25) is 4.98 Å². The molecule has 0 radical (unpaired) electrons. The van der Waals surface area contributed by atoms with Crippen LogP contribution < -0.4 is 4.98 Å². The molecule has 0 aromatic heterocycles. The Balaban J connectivity index is 2.45. The van der Waals surface area contributed by atoms with E-state index in [9.17, 15) is 0 Å². The van der Waals surface area contributed by atoms with E-state index in [1.807, 2.05) is 0 Å². The summed E-state index contributed by atoms with van der Waals surface area (Å²) in [5, 5.41) is 0. The highest BCUT2D eigenvalue weighted by Gasteiger charge is 2.39. The number of hydrogen-bond acceptors (Lipinski definition) is 3.